The highest BCUT2D eigenvalue weighted by Crippen LogP contribution is 2.48. The molecule has 4 atom stereocenters. The van der Waals surface area contributed by atoms with Crippen molar-refractivity contribution in [2.75, 3.05) is 19.0 Å². The van der Waals surface area contributed by atoms with Crippen molar-refractivity contribution in [2.45, 2.75) is 13.0 Å². The van der Waals surface area contributed by atoms with Gasteiger partial charge in [-0.1, -0.05) is 30.4 Å². The molecule has 1 aromatic carbocycles. The minimum Gasteiger partial charge on any atom is -0.481 e. The number of anilines is 1. The summed E-state index contributed by atoms with van der Waals surface area (Å²) in [5.41, 5.74) is 1.85. The van der Waals surface area contributed by atoms with E-state index in [1.54, 1.807) is 0 Å². The van der Waals surface area contributed by atoms with Crippen LogP contribution in [0.15, 0.2) is 42.5 Å². The normalized spacial score (nSPS) is 25.7. The molecule has 2 aliphatic rings. The van der Waals surface area contributed by atoms with Gasteiger partial charge in [0.2, 0.25) is 5.91 Å². The largest absolute Gasteiger partial charge is 0.481 e. The zero-order chi connectivity index (χ0) is 19.1. The Labute approximate surface area is 157 Å². The van der Waals surface area contributed by atoms with Crippen LogP contribution in [-0.4, -0.2) is 36.1 Å². The van der Waals surface area contributed by atoms with Crippen molar-refractivity contribution >= 4 is 28.6 Å². The second-order valence-corrected chi connectivity index (χ2v) is 7.61. The molecule has 6 heteroatoms. The first-order valence-corrected chi connectivity index (χ1v) is 9.20. The van der Waals surface area contributed by atoms with E-state index in [-0.39, 0.29) is 17.7 Å². The molecule has 2 aliphatic carbocycles. The van der Waals surface area contributed by atoms with Gasteiger partial charge in [-0.3, -0.25) is 9.59 Å². The fraction of sp³-hybridized carbons (Fsp3) is 0.381. The lowest BCUT2D eigenvalue weighted by molar-refractivity contribution is -0.147. The van der Waals surface area contributed by atoms with Crippen LogP contribution in [0, 0.1) is 23.7 Å². The maximum absolute atomic E-state index is 12.8. The highest BCUT2D eigenvalue weighted by Gasteiger charge is 2.51. The van der Waals surface area contributed by atoms with Gasteiger partial charge in [0, 0.05) is 26.0 Å². The zero-order valence-electron chi connectivity index (χ0n) is 15.4. The van der Waals surface area contributed by atoms with Gasteiger partial charge >= 0.3 is 5.97 Å². The van der Waals surface area contributed by atoms with Crippen molar-refractivity contribution in [2.24, 2.45) is 23.7 Å². The summed E-state index contributed by atoms with van der Waals surface area (Å²) in [6.45, 7) is 0.354. The van der Waals surface area contributed by atoms with Gasteiger partial charge in [0.15, 0.2) is 0 Å². The molecule has 0 radical (unpaired) electrons. The smallest absolute Gasteiger partial charge is 0.307 e. The predicted molar refractivity (Wildman–Crippen MR) is 103 cm³/mol. The van der Waals surface area contributed by atoms with E-state index in [1.165, 1.54) is 0 Å². The SMILES string of the molecule is CN(C)c1cc(CNC(=O)[C@@H]2[C@@H](C(=O)O)[C@H]3C=C[C@H]2C3)c2ccccc2n1. The molecule has 0 unspecified atom stereocenters. The van der Waals surface area contributed by atoms with Crippen LogP contribution in [0.4, 0.5) is 5.82 Å². The minimum atomic E-state index is -0.878. The van der Waals surface area contributed by atoms with Crippen LogP contribution in [0.3, 0.4) is 0 Å². The van der Waals surface area contributed by atoms with Gasteiger partial charge in [0.25, 0.3) is 0 Å². The van der Waals surface area contributed by atoms with Crippen molar-refractivity contribution in [1.29, 1.82) is 0 Å². The van der Waals surface area contributed by atoms with Gasteiger partial charge in [0.05, 0.1) is 17.4 Å². The highest BCUT2D eigenvalue weighted by atomic mass is 16.4. The standard InChI is InChI=1S/C21H23N3O3/c1-24(2)17-10-14(15-5-3-4-6-16(15)23-17)11-22-20(25)18-12-7-8-13(9-12)19(18)21(26)27/h3-8,10,12-13,18-19H,9,11H2,1-2H3,(H,22,25)(H,26,27)/t12-,13-,18-,19-/m0/s1. The number of carbonyl (C=O) groups excluding carboxylic acids is 1. The number of allylic oxidation sites excluding steroid dienone is 2. The quantitative estimate of drug-likeness (QED) is 0.796. The molecular formula is C21H23N3O3. The van der Waals surface area contributed by atoms with E-state index in [1.807, 2.05) is 61.5 Å². The van der Waals surface area contributed by atoms with E-state index in [0.717, 1.165) is 28.7 Å². The average Bonchev–Trinajstić information content (AvgIpc) is 3.27. The Morgan fingerprint density at radius 3 is 2.59 bits per heavy atom. The second-order valence-electron chi connectivity index (χ2n) is 7.61. The lowest BCUT2D eigenvalue weighted by Gasteiger charge is -2.24. The number of carbonyl (C=O) groups is 2. The van der Waals surface area contributed by atoms with Crippen LogP contribution in [0.5, 0.6) is 0 Å². The average molecular weight is 365 g/mol. The predicted octanol–water partition coefficient (Wildman–Crippen LogP) is 2.44. The Balaban J connectivity index is 1.57. The van der Waals surface area contributed by atoms with E-state index in [9.17, 15) is 14.7 Å². The van der Waals surface area contributed by atoms with Crippen LogP contribution in [-0.2, 0) is 16.1 Å². The number of fused-ring (bicyclic) bond motifs is 3. The first-order chi connectivity index (χ1) is 13.0. The molecule has 0 aliphatic heterocycles. The molecule has 0 saturated heterocycles. The van der Waals surface area contributed by atoms with Crippen LogP contribution >= 0.6 is 0 Å². The Morgan fingerprint density at radius 2 is 1.89 bits per heavy atom. The number of para-hydroxylation sites is 1. The molecule has 6 nitrogen and oxygen atoms in total. The van der Waals surface area contributed by atoms with Gasteiger partial charge in [0.1, 0.15) is 5.82 Å². The van der Waals surface area contributed by atoms with Gasteiger partial charge < -0.3 is 15.3 Å². The summed E-state index contributed by atoms with van der Waals surface area (Å²) in [6, 6.07) is 9.80. The maximum atomic E-state index is 12.8. The minimum absolute atomic E-state index is 0.0228. The van der Waals surface area contributed by atoms with Crippen molar-refractivity contribution < 1.29 is 14.7 Å². The molecule has 0 spiro atoms. The molecule has 2 aromatic rings. The number of carboxylic acid groups (broad SMARTS) is 1. The number of nitrogens with zero attached hydrogens (tertiary/aromatic N) is 2. The van der Waals surface area contributed by atoms with Gasteiger partial charge in [-0.05, 0) is 36.0 Å². The van der Waals surface area contributed by atoms with Crippen molar-refractivity contribution in [1.82, 2.24) is 10.3 Å². The summed E-state index contributed by atoms with van der Waals surface area (Å²) >= 11 is 0. The summed E-state index contributed by atoms with van der Waals surface area (Å²) in [6.07, 6.45) is 4.71. The van der Waals surface area contributed by atoms with E-state index in [2.05, 4.69) is 10.3 Å². The molecule has 1 amide bonds. The summed E-state index contributed by atoms with van der Waals surface area (Å²) in [7, 11) is 3.86. The number of hydrogen-bond acceptors (Lipinski definition) is 4. The Morgan fingerprint density at radius 1 is 1.19 bits per heavy atom. The fourth-order valence-electron chi connectivity index (χ4n) is 4.42. The Hall–Kier alpha value is -2.89. The number of benzene rings is 1. The van der Waals surface area contributed by atoms with Crippen LogP contribution in [0.2, 0.25) is 0 Å². The van der Waals surface area contributed by atoms with Gasteiger partial charge in [-0.15, -0.1) is 0 Å². The molecule has 1 heterocycles. The van der Waals surface area contributed by atoms with E-state index >= 15 is 0 Å². The third-order valence-corrected chi connectivity index (χ3v) is 5.75. The summed E-state index contributed by atoms with van der Waals surface area (Å²) < 4.78 is 0. The molecule has 140 valence electrons. The third-order valence-electron chi connectivity index (χ3n) is 5.75. The summed E-state index contributed by atoms with van der Waals surface area (Å²) in [4.78, 5) is 31.1. The number of aliphatic carboxylic acids is 1. The molecule has 2 bridgehead atoms. The number of nitrogens with one attached hydrogen (secondary N) is 1. The van der Waals surface area contributed by atoms with E-state index in [4.69, 9.17) is 0 Å². The maximum Gasteiger partial charge on any atom is 0.307 e. The van der Waals surface area contributed by atoms with Crippen molar-refractivity contribution in [3.63, 3.8) is 0 Å². The van der Waals surface area contributed by atoms with E-state index < -0.39 is 17.8 Å². The number of aromatic nitrogens is 1. The van der Waals surface area contributed by atoms with E-state index in [0.29, 0.717) is 6.54 Å². The lowest BCUT2D eigenvalue weighted by atomic mass is 9.82. The van der Waals surface area contributed by atoms with Crippen LogP contribution in [0.1, 0.15) is 12.0 Å². The molecule has 4 rings (SSSR count). The molecular weight excluding hydrogens is 342 g/mol. The molecule has 2 N–H and O–H groups in total. The summed E-state index contributed by atoms with van der Waals surface area (Å²) in [5.74, 6) is -1.33. The Kier molecular flexibility index (Phi) is 4.34. The first kappa shape index (κ1) is 17.5. The van der Waals surface area contributed by atoms with Gasteiger partial charge in [-0.25, -0.2) is 4.98 Å². The van der Waals surface area contributed by atoms with Crippen molar-refractivity contribution in [3.05, 3.63) is 48.0 Å². The third kappa shape index (κ3) is 3.05. The number of carboxylic acids is 1. The molecule has 1 fully saturated rings. The zero-order valence-corrected chi connectivity index (χ0v) is 15.4. The second kappa shape index (κ2) is 6.68. The van der Waals surface area contributed by atoms with Crippen molar-refractivity contribution in [3.8, 4) is 0 Å². The number of amides is 1. The number of rotatable bonds is 5. The number of hydrogen-bond donors (Lipinski definition) is 2. The van der Waals surface area contributed by atoms with Gasteiger partial charge in [-0.2, -0.15) is 0 Å². The first-order valence-electron chi connectivity index (χ1n) is 9.20. The monoisotopic (exact) mass is 365 g/mol. The topological polar surface area (TPSA) is 82.5 Å². The Bertz CT molecular complexity index is 937. The molecule has 1 saturated carbocycles. The highest BCUT2D eigenvalue weighted by molar-refractivity contribution is 5.88. The number of pyridine rings is 1. The molecule has 27 heavy (non-hydrogen) atoms. The fourth-order valence-corrected chi connectivity index (χ4v) is 4.42. The lowest BCUT2D eigenvalue weighted by Crippen LogP contribution is -2.39. The summed E-state index contributed by atoms with van der Waals surface area (Å²) in [5, 5.41) is 13.5. The molecule has 1 aromatic heterocycles. The van der Waals surface area contributed by atoms with Crippen LogP contribution < -0.4 is 10.2 Å². The van der Waals surface area contributed by atoms with Crippen LogP contribution in [0.25, 0.3) is 10.9 Å².